The van der Waals surface area contributed by atoms with Gasteiger partial charge in [0.2, 0.25) is 10.0 Å². The zero-order chi connectivity index (χ0) is 13.1. The molecule has 3 N–H and O–H groups in total. The molecule has 1 aromatic carbocycles. The molecule has 0 aliphatic carbocycles. The molecule has 0 saturated carbocycles. The molecular weight excluding hydrogens is 244 g/mol. The minimum Gasteiger partial charge on any atom is -0.465 e. The molecule has 0 aliphatic rings. The molecule has 0 atom stereocenters. The van der Waals surface area contributed by atoms with Crippen LogP contribution in [-0.2, 0) is 21.3 Å². The first-order valence-corrected chi connectivity index (χ1v) is 6.65. The molecule has 0 aliphatic heterocycles. The number of sulfonamides is 1. The molecule has 6 nitrogen and oxygen atoms in total. The van der Waals surface area contributed by atoms with Crippen LogP contribution in [0.2, 0.25) is 0 Å². The topological polar surface area (TPSA) is 98.5 Å². The van der Waals surface area contributed by atoms with Gasteiger partial charge in [-0.25, -0.2) is 13.2 Å². The molecule has 0 heterocycles. The third kappa shape index (κ3) is 3.72. The van der Waals surface area contributed by atoms with Crippen molar-refractivity contribution in [3.63, 3.8) is 0 Å². The monoisotopic (exact) mass is 258 g/mol. The third-order valence-corrected chi connectivity index (χ3v) is 2.61. The van der Waals surface area contributed by atoms with Gasteiger partial charge in [0.25, 0.3) is 0 Å². The van der Waals surface area contributed by atoms with Gasteiger partial charge in [0.05, 0.1) is 24.6 Å². The fourth-order valence-corrected chi connectivity index (χ4v) is 1.86. The van der Waals surface area contributed by atoms with Crippen LogP contribution in [0, 0.1) is 0 Å². The van der Waals surface area contributed by atoms with E-state index in [0.717, 1.165) is 6.26 Å². The first-order chi connectivity index (χ1) is 7.87. The van der Waals surface area contributed by atoms with Gasteiger partial charge in [-0.2, -0.15) is 0 Å². The zero-order valence-corrected chi connectivity index (χ0v) is 10.4. The van der Waals surface area contributed by atoms with Crippen LogP contribution in [0.1, 0.15) is 15.9 Å². The molecule has 94 valence electrons. The number of hydrogen-bond acceptors (Lipinski definition) is 5. The largest absolute Gasteiger partial charge is 0.465 e. The smallest absolute Gasteiger partial charge is 0.340 e. The van der Waals surface area contributed by atoms with Crippen molar-refractivity contribution in [3.05, 3.63) is 29.3 Å². The molecule has 0 saturated heterocycles. The predicted octanol–water partition coefficient (Wildman–Crippen LogP) is 0.303. The van der Waals surface area contributed by atoms with Crippen molar-refractivity contribution in [1.29, 1.82) is 0 Å². The molecule has 0 unspecified atom stereocenters. The van der Waals surface area contributed by atoms with Crippen LogP contribution in [0.15, 0.2) is 18.2 Å². The fraction of sp³-hybridized carbons (Fsp3) is 0.300. The number of ether oxygens (including phenoxy) is 1. The molecule has 0 amide bonds. The van der Waals surface area contributed by atoms with Crippen molar-refractivity contribution < 1.29 is 17.9 Å². The average molecular weight is 258 g/mol. The van der Waals surface area contributed by atoms with Crippen molar-refractivity contribution in [1.82, 2.24) is 0 Å². The first kappa shape index (κ1) is 13.5. The number of benzene rings is 1. The van der Waals surface area contributed by atoms with Crippen LogP contribution < -0.4 is 10.5 Å². The third-order valence-electron chi connectivity index (χ3n) is 2.02. The summed E-state index contributed by atoms with van der Waals surface area (Å²) in [5.41, 5.74) is 6.48. The second kappa shape index (κ2) is 5.15. The summed E-state index contributed by atoms with van der Waals surface area (Å²) in [6.07, 6.45) is 1.00. The van der Waals surface area contributed by atoms with Gasteiger partial charge in [-0.05, 0) is 17.7 Å². The summed E-state index contributed by atoms with van der Waals surface area (Å²) in [7, 11) is -2.23. The molecule has 1 aromatic rings. The van der Waals surface area contributed by atoms with E-state index in [1.165, 1.54) is 19.2 Å². The highest BCUT2D eigenvalue weighted by atomic mass is 32.2. The Kier molecular flexibility index (Phi) is 4.08. The molecule has 17 heavy (non-hydrogen) atoms. The highest BCUT2D eigenvalue weighted by Crippen LogP contribution is 2.19. The maximum atomic E-state index is 11.5. The summed E-state index contributed by atoms with van der Waals surface area (Å²) < 4.78 is 29.1. The van der Waals surface area contributed by atoms with Crippen molar-refractivity contribution in [3.8, 4) is 0 Å². The van der Waals surface area contributed by atoms with E-state index in [-0.39, 0.29) is 17.8 Å². The molecular formula is C10H14N2O4S. The number of carbonyl (C=O) groups is 1. The summed E-state index contributed by atoms with van der Waals surface area (Å²) in [6, 6.07) is 4.62. The van der Waals surface area contributed by atoms with Crippen molar-refractivity contribution in [2.75, 3.05) is 18.1 Å². The highest BCUT2D eigenvalue weighted by molar-refractivity contribution is 7.92. The molecule has 0 fully saturated rings. The van der Waals surface area contributed by atoms with E-state index in [1.807, 2.05) is 0 Å². The Balaban J connectivity index is 3.24. The fourth-order valence-electron chi connectivity index (χ4n) is 1.29. The van der Waals surface area contributed by atoms with E-state index < -0.39 is 16.0 Å². The Morgan fingerprint density at radius 3 is 2.59 bits per heavy atom. The van der Waals surface area contributed by atoms with Crippen LogP contribution in [0.4, 0.5) is 5.69 Å². The first-order valence-electron chi connectivity index (χ1n) is 4.76. The van der Waals surface area contributed by atoms with Gasteiger partial charge >= 0.3 is 5.97 Å². The van der Waals surface area contributed by atoms with Crippen LogP contribution >= 0.6 is 0 Å². The van der Waals surface area contributed by atoms with Gasteiger partial charge in [-0.15, -0.1) is 0 Å². The van der Waals surface area contributed by atoms with Crippen LogP contribution in [-0.4, -0.2) is 27.8 Å². The predicted molar refractivity (Wildman–Crippen MR) is 64.1 cm³/mol. The zero-order valence-electron chi connectivity index (χ0n) is 9.56. The Bertz CT molecular complexity index is 525. The van der Waals surface area contributed by atoms with Gasteiger partial charge in [-0.1, -0.05) is 6.07 Å². The Hall–Kier alpha value is -1.60. The quantitative estimate of drug-likeness (QED) is 0.757. The van der Waals surface area contributed by atoms with Gasteiger partial charge in [0.15, 0.2) is 0 Å². The summed E-state index contributed by atoms with van der Waals surface area (Å²) in [4.78, 5) is 11.5. The van der Waals surface area contributed by atoms with E-state index in [9.17, 15) is 13.2 Å². The summed E-state index contributed by atoms with van der Waals surface area (Å²) in [5.74, 6) is -0.619. The maximum absolute atomic E-state index is 11.5. The van der Waals surface area contributed by atoms with E-state index in [4.69, 9.17) is 5.73 Å². The number of nitrogens with one attached hydrogen (secondary N) is 1. The highest BCUT2D eigenvalue weighted by Gasteiger charge is 2.15. The lowest BCUT2D eigenvalue weighted by molar-refractivity contribution is 0.0602. The number of anilines is 1. The van der Waals surface area contributed by atoms with Gasteiger partial charge in [0, 0.05) is 6.54 Å². The van der Waals surface area contributed by atoms with Crippen LogP contribution in [0.3, 0.4) is 0 Å². The van der Waals surface area contributed by atoms with Gasteiger partial charge in [-0.3, -0.25) is 4.72 Å². The van der Waals surface area contributed by atoms with Crippen LogP contribution in [0.5, 0.6) is 0 Å². The molecule has 0 bridgehead atoms. The molecule has 0 radical (unpaired) electrons. The van der Waals surface area contributed by atoms with E-state index >= 15 is 0 Å². The minimum atomic E-state index is -3.45. The van der Waals surface area contributed by atoms with Crippen molar-refractivity contribution in [2.24, 2.45) is 5.73 Å². The second-order valence-corrected chi connectivity index (χ2v) is 5.20. The SMILES string of the molecule is COC(=O)c1cc(CN)ccc1NS(C)(=O)=O. The number of methoxy groups -OCH3 is 1. The van der Waals surface area contributed by atoms with E-state index in [0.29, 0.717) is 5.56 Å². The number of esters is 1. The number of carbonyl (C=O) groups excluding carboxylic acids is 1. The Morgan fingerprint density at radius 2 is 2.12 bits per heavy atom. The summed E-state index contributed by atoms with van der Waals surface area (Å²) in [6.45, 7) is 0.253. The van der Waals surface area contributed by atoms with Crippen LogP contribution in [0.25, 0.3) is 0 Å². The second-order valence-electron chi connectivity index (χ2n) is 3.45. The average Bonchev–Trinajstić information content (AvgIpc) is 2.26. The maximum Gasteiger partial charge on any atom is 0.340 e. The minimum absolute atomic E-state index is 0.140. The summed E-state index contributed by atoms with van der Waals surface area (Å²) in [5, 5.41) is 0. The Labute approximate surface area is 99.8 Å². The van der Waals surface area contributed by atoms with Gasteiger partial charge in [0.1, 0.15) is 0 Å². The molecule has 7 heteroatoms. The molecule has 1 rings (SSSR count). The van der Waals surface area contributed by atoms with Crippen molar-refractivity contribution in [2.45, 2.75) is 6.54 Å². The lowest BCUT2D eigenvalue weighted by Gasteiger charge is -2.10. The number of rotatable bonds is 4. The lowest BCUT2D eigenvalue weighted by atomic mass is 10.1. The van der Waals surface area contributed by atoms with Crippen molar-refractivity contribution >= 4 is 21.7 Å². The van der Waals surface area contributed by atoms with Gasteiger partial charge < -0.3 is 10.5 Å². The number of nitrogens with two attached hydrogens (primary N) is 1. The van der Waals surface area contributed by atoms with E-state index in [1.54, 1.807) is 6.07 Å². The standard InChI is InChI=1S/C10H14N2O4S/c1-16-10(13)8-5-7(6-11)3-4-9(8)12-17(2,14)15/h3-5,12H,6,11H2,1-2H3. The normalized spacial score (nSPS) is 11.0. The molecule has 0 aromatic heterocycles. The lowest BCUT2D eigenvalue weighted by Crippen LogP contribution is -2.14. The molecule has 0 spiro atoms. The van der Waals surface area contributed by atoms with E-state index in [2.05, 4.69) is 9.46 Å². The summed E-state index contributed by atoms with van der Waals surface area (Å²) >= 11 is 0. The Morgan fingerprint density at radius 1 is 1.47 bits per heavy atom. The number of hydrogen-bond donors (Lipinski definition) is 2.